The Balaban J connectivity index is 0.000000250. The largest absolute Gasteiger partial charge is 0.508 e. The van der Waals surface area contributed by atoms with Crippen molar-refractivity contribution in [3.05, 3.63) is 261 Å². The number of amides is 1. The summed E-state index contributed by atoms with van der Waals surface area (Å²) in [5, 5.41) is 52.7. The molecule has 0 aliphatic rings. The highest BCUT2D eigenvalue weighted by atomic mass is 16.5. The van der Waals surface area contributed by atoms with Gasteiger partial charge in [0.1, 0.15) is 29.8 Å². The van der Waals surface area contributed by atoms with Crippen LogP contribution in [-0.2, 0) is 61.0 Å². The van der Waals surface area contributed by atoms with Gasteiger partial charge >= 0.3 is 5.97 Å². The molecule has 1 amide bonds. The summed E-state index contributed by atoms with van der Waals surface area (Å²) < 4.78 is 4.66. The molecule has 91 heavy (non-hydrogen) atoms. The Bertz CT molecular complexity index is 3810. The van der Waals surface area contributed by atoms with Crippen LogP contribution in [0.4, 0.5) is 5.69 Å². The Kier molecular flexibility index (Phi) is 28.2. The number of phenols is 3. The highest BCUT2D eigenvalue weighted by Gasteiger charge is 2.33. The number of Topliss-reactive ketones (excluding diaryl/α,β-unsaturated/α-hetero) is 1. The molecule has 0 fully saturated rings. The van der Waals surface area contributed by atoms with Crippen LogP contribution in [0.3, 0.4) is 0 Å². The molecule has 0 saturated carbocycles. The predicted octanol–water partition coefficient (Wildman–Crippen LogP) is 10.1. The lowest BCUT2D eigenvalue weighted by Crippen LogP contribution is -2.34. The molecule has 17 nitrogen and oxygen atoms in total. The molecule has 0 radical (unpaired) electrons. The van der Waals surface area contributed by atoms with Gasteiger partial charge in [-0.2, -0.15) is 0 Å². The van der Waals surface area contributed by atoms with Crippen LogP contribution in [0, 0.1) is 38.5 Å². The van der Waals surface area contributed by atoms with Gasteiger partial charge in [-0.15, -0.1) is 0 Å². The standard InChI is InChI=1S/C28H25NO6.C24H25NO4.C22H20O5/c1-18-15-19(7-11-23(18)31)9-13-25(33)27(28(35)29-22-5-3-2-4-6-22)26(34)14-10-20-8-12-24(32)21(16-20)17-30;1-17-4-6-18(7-5-17)12-14-21(26)23(24(28)29-3)22(27)15-13-19-8-10-20(11-9-19)16-25-2;1-15-2-4-16(5-3-15)8-12-19(25)22(21(27)14-23)20(26)13-9-17-6-10-18(24)11-7-17/h2-16,27,30-32H,17H2,1H3,(H,29,35);4-15,23,25H,16H2,1-3H3;2-13,22-24H,14H2,1H3/b13-9+,14-10+;14-12+,15-13+;12-8+,13-9+. The average molecular weight is 1230 g/mol. The molecule has 0 bridgehead atoms. The summed E-state index contributed by atoms with van der Waals surface area (Å²) in [7, 11) is 3.02. The topological polar surface area (TPSA) is 288 Å². The van der Waals surface area contributed by atoms with E-state index in [-0.39, 0.29) is 29.4 Å². The first kappa shape index (κ1) is 70.7. The molecule has 7 N–H and O–H groups in total. The molecule has 466 valence electrons. The zero-order valence-corrected chi connectivity index (χ0v) is 50.7. The van der Waals surface area contributed by atoms with Gasteiger partial charge in [-0.1, -0.05) is 163 Å². The van der Waals surface area contributed by atoms with E-state index in [4.69, 9.17) is 5.11 Å². The maximum absolute atomic E-state index is 13.0. The van der Waals surface area contributed by atoms with Crippen LogP contribution in [0.25, 0.3) is 36.5 Å². The van der Waals surface area contributed by atoms with Gasteiger partial charge in [-0.25, -0.2) is 0 Å². The number of allylic oxidation sites excluding steroid dienone is 6. The number of para-hydroxylation sites is 1. The number of methoxy groups -OCH3 is 1. The molecule has 0 saturated heterocycles. The molecular formula is C74H70N2O15. The Labute approximate surface area is 527 Å². The Morgan fingerprint density at radius 3 is 1.25 bits per heavy atom. The van der Waals surface area contributed by atoms with Crippen molar-refractivity contribution in [2.45, 2.75) is 33.9 Å². The van der Waals surface area contributed by atoms with Gasteiger partial charge in [0.2, 0.25) is 5.91 Å². The van der Waals surface area contributed by atoms with E-state index in [9.17, 15) is 63.6 Å². The molecule has 3 unspecified atom stereocenters. The van der Waals surface area contributed by atoms with Crippen LogP contribution in [0.5, 0.6) is 17.2 Å². The number of esters is 1. The number of phenolic OH excluding ortho intramolecular Hbond substituents is 2. The van der Waals surface area contributed by atoms with Crippen LogP contribution in [0.1, 0.15) is 61.2 Å². The average Bonchev–Trinajstić information content (AvgIpc) is 2.01. The second-order valence-corrected chi connectivity index (χ2v) is 20.5. The summed E-state index contributed by atoms with van der Waals surface area (Å²) in [6.45, 7) is 5.08. The summed E-state index contributed by atoms with van der Waals surface area (Å²) in [6, 6.07) is 46.3. The third-order valence-corrected chi connectivity index (χ3v) is 13.5. The Hall–Kier alpha value is -11.1. The number of anilines is 1. The van der Waals surface area contributed by atoms with Gasteiger partial charge in [0.15, 0.2) is 52.3 Å². The number of carbonyl (C=O) groups is 9. The number of aliphatic hydroxyl groups is 2. The summed E-state index contributed by atoms with van der Waals surface area (Å²) in [5.41, 5.74) is 8.73. The third kappa shape index (κ3) is 23.2. The fourth-order valence-electron chi connectivity index (χ4n) is 8.33. The van der Waals surface area contributed by atoms with Crippen molar-refractivity contribution in [1.29, 1.82) is 0 Å². The molecule has 0 aromatic heterocycles. The number of aryl methyl sites for hydroxylation is 3. The quantitative estimate of drug-likeness (QED) is 0.0151. The van der Waals surface area contributed by atoms with E-state index >= 15 is 0 Å². The number of ketones is 7. The minimum absolute atomic E-state index is 0.0825. The van der Waals surface area contributed by atoms with E-state index < -0.39 is 76.7 Å². The fourth-order valence-corrected chi connectivity index (χ4v) is 8.33. The van der Waals surface area contributed by atoms with Crippen LogP contribution in [0.15, 0.2) is 200 Å². The van der Waals surface area contributed by atoms with Crippen molar-refractivity contribution in [3.8, 4) is 17.2 Å². The Morgan fingerprint density at radius 1 is 0.451 bits per heavy atom. The summed E-state index contributed by atoms with van der Waals surface area (Å²) in [4.78, 5) is 113. The van der Waals surface area contributed by atoms with Crippen molar-refractivity contribution >= 4 is 94.5 Å². The van der Waals surface area contributed by atoms with E-state index in [1.54, 1.807) is 73.7 Å². The molecule has 17 heteroatoms. The number of hydrogen-bond acceptors (Lipinski definition) is 16. The normalized spacial score (nSPS) is 12.2. The summed E-state index contributed by atoms with van der Waals surface area (Å²) in [5.74, 6) is -11.2. The monoisotopic (exact) mass is 1230 g/mol. The number of nitrogens with one attached hydrogen (secondary N) is 2. The van der Waals surface area contributed by atoms with Gasteiger partial charge in [0.25, 0.3) is 0 Å². The van der Waals surface area contributed by atoms with Gasteiger partial charge in [0, 0.05) is 17.8 Å². The van der Waals surface area contributed by atoms with E-state index in [2.05, 4.69) is 15.4 Å². The second-order valence-electron chi connectivity index (χ2n) is 20.5. The van der Waals surface area contributed by atoms with Crippen molar-refractivity contribution in [3.63, 3.8) is 0 Å². The number of aromatic hydroxyl groups is 3. The van der Waals surface area contributed by atoms with Crippen molar-refractivity contribution < 1.29 is 73.4 Å². The number of benzene rings is 7. The molecule has 7 aromatic carbocycles. The molecule has 7 rings (SSSR count). The zero-order chi connectivity index (χ0) is 66.4. The van der Waals surface area contributed by atoms with E-state index in [0.29, 0.717) is 27.9 Å². The number of hydrogen-bond donors (Lipinski definition) is 7. The SMILES string of the molecule is CNCc1ccc(/C=C/C(=O)C(C(=O)/C=C/c2ccc(C)cc2)C(=O)OC)cc1.Cc1cc(/C=C/C(=O)C(C(=O)/C=C/c2ccc(O)c(CO)c2)C(=O)Nc2ccccc2)ccc1O.Cc1ccc(/C=C/C(=O)C(C(=O)/C=C/c2ccc(O)cc2)C(=O)CO)cc1. The highest BCUT2D eigenvalue weighted by Crippen LogP contribution is 2.22. The zero-order valence-electron chi connectivity index (χ0n) is 50.7. The first-order valence-electron chi connectivity index (χ1n) is 28.4. The van der Waals surface area contributed by atoms with Crippen LogP contribution in [-0.4, -0.2) is 98.7 Å². The van der Waals surface area contributed by atoms with Crippen LogP contribution < -0.4 is 10.6 Å². The van der Waals surface area contributed by atoms with Crippen LogP contribution >= 0.6 is 0 Å². The van der Waals surface area contributed by atoms with Crippen molar-refractivity contribution in [2.75, 3.05) is 26.1 Å². The third-order valence-electron chi connectivity index (χ3n) is 13.5. The molecule has 0 spiro atoms. The smallest absolute Gasteiger partial charge is 0.324 e. The highest BCUT2D eigenvalue weighted by molar-refractivity contribution is 6.28. The van der Waals surface area contributed by atoms with E-state index in [0.717, 1.165) is 65.3 Å². The maximum Gasteiger partial charge on any atom is 0.324 e. The molecule has 7 aromatic rings. The lowest BCUT2D eigenvalue weighted by Gasteiger charge is -2.12. The van der Waals surface area contributed by atoms with E-state index in [1.165, 1.54) is 78.9 Å². The number of rotatable bonds is 26. The molecule has 3 atom stereocenters. The summed E-state index contributed by atoms with van der Waals surface area (Å²) in [6.07, 6.45) is 16.1. The number of ether oxygens (including phenoxy) is 1. The number of carbonyl (C=O) groups excluding carboxylic acids is 9. The van der Waals surface area contributed by atoms with Gasteiger partial charge in [-0.05, 0) is 157 Å². The van der Waals surface area contributed by atoms with Gasteiger partial charge in [0.05, 0.1) is 13.7 Å². The van der Waals surface area contributed by atoms with E-state index in [1.807, 2.05) is 93.7 Å². The maximum atomic E-state index is 13.0. The first-order chi connectivity index (χ1) is 43.6. The molecule has 0 aliphatic carbocycles. The fraction of sp³-hybridized carbons (Fsp3) is 0.149. The van der Waals surface area contributed by atoms with Crippen molar-refractivity contribution in [2.24, 2.45) is 17.8 Å². The number of aliphatic hydroxyl groups excluding tert-OH is 2. The first-order valence-corrected chi connectivity index (χ1v) is 28.4. The predicted molar refractivity (Wildman–Crippen MR) is 350 cm³/mol. The molecule has 0 heterocycles. The minimum Gasteiger partial charge on any atom is -0.508 e. The lowest BCUT2D eigenvalue weighted by atomic mass is 9.93. The molecule has 0 aliphatic heterocycles. The summed E-state index contributed by atoms with van der Waals surface area (Å²) >= 11 is 0. The van der Waals surface area contributed by atoms with Crippen molar-refractivity contribution in [1.82, 2.24) is 5.32 Å². The lowest BCUT2D eigenvalue weighted by molar-refractivity contribution is -0.151. The molecular weight excluding hydrogens is 1160 g/mol. The van der Waals surface area contributed by atoms with Gasteiger partial charge < -0.3 is 40.9 Å². The minimum atomic E-state index is -1.63. The Morgan fingerprint density at radius 2 is 0.835 bits per heavy atom. The van der Waals surface area contributed by atoms with Crippen LogP contribution in [0.2, 0.25) is 0 Å². The van der Waals surface area contributed by atoms with Gasteiger partial charge in [-0.3, -0.25) is 43.2 Å². The second kappa shape index (κ2) is 36.3.